The molecule has 0 bridgehead atoms. The van der Waals surface area contributed by atoms with Crippen LogP contribution in [-0.4, -0.2) is 44.2 Å². The van der Waals surface area contributed by atoms with Gasteiger partial charge in [-0.1, -0.05) is 0 Å². The van der Waals surface area contributed by atoms with Crippen molar-refractivity contribution in [2.75, 3.05) is 13.7 Å². The third-order valence-corrected chi connectivity index (χ3v) is 2.94. The van der Waals surface area contributed by atoms with Crippen LogP contribution in [-0.2, 0) is 9.47 Å². The lowest BCUT2D eigenvalue weighted by Crippen LogP contribution is -2.61. The molecule has 0 aromatic heterocycles. The summed E-state index contributed by atoms with van der Waals surface area (Å²) in [5.74, 6) is 0. The Labute approximate surface area is 99.7 Å². The topological polar surface area (TPSA) is 30.5 Å². The zero-order chi connectivity index (χ0) is 13.1. The fourth-order valence-corrected chi connectivity index (χ4v) is 2.21. The van der Waals surface area contributed by atoms with Gasteiger partial charge in [0.2, 0.25) is 0 Å². The Hall–Kier alpha value is -0.330. The Balaban J connectivity index is 2.33. The highest BCUT2D eigenvalue weighted by atomic mass is 19.4. The van der Waals surface area contributed by atoms with Crippen molar-refractivity contribution in [2.45, 2.75) is 57.2 Å². The number of halogens is 3. The van der Waals surface area contributed by atoms with Crippen molar-refractivity contribution in [3.8, 4) is 0 Å². The number of methoxy groups -OCH3 is 1. The van der Waals surface area contributed by atoms with E-state index in [9.17, 15) is 13.2 Å². The molecule has 102 valence electrons. The van der Waals surface area contributed by atoms with Gasteiger partial charge in [-0.25, -0.2) is 0 Å². The maximum Gasteiger partial charge on any atom is 0.390 e. The van der Waals surface area contributed by atoms with Crippen molar-refractivity contribution in [2.24, 2.45) is 0 Å². The summed E-state index contributed by atoms with van der Waals surface area (Å²) in [6.45, 7) is 4.02. The summed E-state index contributed by atoms with van der Waals surface area (Å²) in [6, 6.07) is -0.644. The van der Waals surface area contributed by atoms with Gasteiger partial charge in [-0.2, -0.15) is 13.2 Å². The van der Waals surface area contributed by atoms with Crippen molar-refractivity contribution in [1.29, 1.82) is 0 Å². The van der Waals surface area contributed by atoms with Crippen molar-refractivity contribution < 1.29 is 22.6 Å². The summed E-state index contributed by atoms with van der Waals surface area (Å²) in [6.07, 6.45) is -4.39. The third-order valence-electron chi connectivity index (χ3n) is 2.94. The molecule has 1 aliphatic rings. The first-order valence-electron chi connectivity index (χ1n) is 5.84. The monoisotopic (exact) mass is 255 g/mol. The summed E-state index contributed by atoms with van der Waals surface area (Å²) >= 11 is 0. The number of ether oxygens (including phenoxy) is 2. The summed E-state index contributed by atoms with van der Waals surface area (Å²) in [5.41, 5.74) is 0. The van der Waals surface area contributed by atoms with Crippen LogP contribution < -0.4 is 5.32 Å². The van der Waals surface area contributed by atoms with Gasteiger partial charge in [0.05, 0.1) is 18.6 Å². The summed E-state index contributed by atoms with van der Waals surface area (Å²) in [5, 5.41) is 2.94. The van der Waals surface area contributed by atoms with Crippen LogP contribution in [0.4, 0.5) is 13.2 Å². The van der Waals surface area contributed by atoms with Crippen molar-refractivity contribution >= 4 is 0 Å². The molecular formula is C11H20F3NO2. The Kier molecular flexibility index (Phi) is 5.22. The zero-order valence-corrected chi connectivity index (χ0v) is 10.4. The maximum absolute atomic E-state index is 12.2. The molecule has 4 unspecified atom stereocenters. The van der Waals surface area contributed by atoms with Crippen LogP contribution in [0.5, 0.6) is 0 Å². The van der Waals surface area contributed by atoms with Crippen LogP contribution in [0.25, 0.3) is 0 Å². The van der Waals surface area contributed by atoms with Gasteiger partial charge in [0.15, 0.2) is 0 Å². The van der Waals surface area contributed by atoms with Crippen LogP contribution >= 0.6 is 0 Å². The quantitative estimate of drug-likeness (QED) is 0.788. The first kappa shape index (κ1) is 14.7. The van der Waals surface area contributed by atoms with Gasteiger partial charge in [0.1, 0.15) is 0 Å². The van der Waals surface area contributed by atoms with Crippen molar-refractivity contribution in [3.63, 3.8) is 0 Å². The Morgan fingerprint density at radius 1 is 1.41 bits per heavy atom. The third kappa shape index (κ3) is 4.44. The number of hydrogen-bond donors (Lipinski definition) is 1. The molecule has 17 heavy (non-hydrogen) atoms. The van der Waals surface area contributed by atoms with Gasteiger partial charge in [0, 0.05) is 25.8 Å². The zero-order valence-electron chi connectivity index (χ0n) is 10.4. The average Bonchev–Trinajstić information content (AvgIpc) is 2.13. The van der Waals surface area contributed by atoms with E-state index in [0.29, 0.717) is 13.0 Å². The molecular weight excluding hydrogens is 235 g/mol. The standard InChI is InChI=1S/C11H20F3NO2/c1-4-17-9-5-8(10(9)16-3)15-7(2)6-11(12,13)14/h7-10,15H,4-6H2,1-3H3. The minimum atomic E-state index is -4.13. The number of alkyl halides is 3. The lowest BCUT2D eigenvalue weighted by molar-refractivity contribution is -0.150. The fourth-order valence-electron chi connectivity index (χ4n) is 2.21. The molecule has 6 heteroatoms. The SMILES string of the molecule is CCOC1CC(NC(C)CC(F)(F)F)C1OC. The Bertz CT molecular complexity index is 235. The fraction of sp³-hybridized carbons (Fsp3) is 1.00. The molecule has 4 atom stereocenters. The smallest absolute Gasteiger partial charge is 0.377 e. The largest absolute Gasteiger partial charge is 0.390 e. The summed E-state index contributed by atoms with van der Waals surface area (Å²) in [4.78, 5) is 0. The molecule has 1 N–H and O–H groups in total. The van der Waals surface area contributed by atoms with E-state index in [1.807, 2.05) is 6.92 Å². The van der Waals surface area contributed by atoms with Crippen molar-refractivity contribution in [1.82, 2.24) is 5.32 Å². The van der Waals surface area contributed by atoms with Crippen molar-refractivity contribution in [3.05, 3.63) is 0 Å². The van der Waals surface area contributed by atoms with Gasteiger partial charge in [-0.05, 0) is 20.3 Å². The first-order valence-corrected chi connectivity index (χ1v) is 5.84. The molecule has 1 rings (SSSR count). The Morgan fingerprint density at radius 2 is 2.06 bits per heavy atom. The molecule has 0 aromatic rings. The maximum atomic E-state index is 12.2. The number of rotatable bonds is 6. The second-order valence-corrected chi connectivity index (χ2v) is 4.42. The van der Waals surface area contributed by atoms with E-state index in [4.69, 9.17) is 9.47 Å². The molecule has 0 heterocycles. The van der Waals surface area contributed by atoms with Gasteiger partial charge >= 0.3 is 6.18 Å². The van der Waals surface area contributed by atoms with Crippen LogP contribution in [0.1, 0.15) is 26.7 Å². The average molecular weight is 255 g/mol. The van der Waals surface area contributed by atoms with E-state index in [-0.39, 0.29) is 18.2 Å². The lowest BCUT2D eigenvalue weighted by Gasteiger charge is -2.44. The number of hydrogen-bond acceptors (Lipinski definition) is 3. The van der Waals surface area contributed by atoms with E-state index >= 15 is 0 Å². The van der Waals surface area contributed by atoms with E-state index < -0.39 is 18.6 Å². The van der Waals surface area contributed by atoms with E-state index in [0.717, 1.165) is 0 Å². The minimum absolute atomic E-state index is 0.000543. The van der Waals surface area contributed by atoms with Gasteiger partial charge in [-0.3, -0.25) is 0 Å². The second kappa shape index (κ2) is 6.02. The minimum Gasteiger partial charge on any atom is -0.377 e. The highest BCUT2D eigenvalue weighted by Gasteiger charge is 2.43. The molecule has 3 nitrogen and oxygen atoms in total. The van der Waals surface area contributed by atoms with E-state index in [1.54, 1.807) is 7.11 Å². The molecule has 1 fully saturated rings. The molecule has 1 aliphatic carbocycles. The first-order chi connectivity index (χ1) is 7.87. The highest BCUT2D eigenvalue weighted by molar-refractivity contribution is 4.98. The molecule has 0 aromatic carbocycles. The predicted octanol–water partition coefficient (Wildman–Crippen LogP) is 2.11. The Morgan fingerprint density at radius 3 is 2.53 bits per heavy atom. The van der Waals surface area contributed by atoms with Gasteiger partial charge in [-0.15, -0.1) is 0 Å². The van der Waals surface area contributed by atoms with Crippen LogP contribution in [0.3, 0.4) is 0 Å². The van der Waals surface area contributed by atoms with E-state index in [1.165, 1.54) is 6.92 Å². The normalized spacial score (nSPS) is 31.1. The molecule has 0 radical (unpaired) electrons. The second-order valence-electron chi connectivity index (χ2n) is 4.42. The predicted molar refractivity (Wildman–Crippen MR) is 57.9 cm³/mol. The number of nitrogens with one attached hydrogen (secondary N) is 1. The van der Waals surface area contributed by atoms with Crippen LogP contribution in [0.15, 0.2) is 0 Å². The molecule has 0 amide bonds. The lowest BCUT2D eigenvalue weighted by atomic mass is 9.84. The molecule has 0 spiro atoms. The summed E-state index contributed by atoms with van der Waals surface area (Å²) < 4.78 is 47.1. The summed E-state index contributed by atoms with van der Waals surface area (Å²) in [7, 11) is 1.55. The van der Waals surface area contributed by atoms with Gasteiger partial charge in [0.25, 0.3) is 0 Å². The van der Waals surface area contributed by atoms with E-state index in [2.05, 4.69) is 5.32 Å². The highest BCUT2D eigenvalue weighted by Crippen LogP contribution is 2.29. The van der Waals surface area contributed by atoms with Gasteiger partial charge < -0.3 is 14.8 Å². The molecule has 0 aliphatic heterocycles. The molecule has 0 saturated heterocycles. The van der Waals surface area contributed by atoms with Crippen LogP contribution in [0.2, 0.25) is 0 Å². The van der Waals surface area contributed by atoms with Crippen LogP contribution in [0, 0.1) is 0 Å². The molecule has 1 saturated carbocycles.